The molecule has 0 saturated carbocycles. The first-order valence-electron chi connectivity index (χ1n) is 7.42. The molecule has 0 aliphatic carbocycles. The van der Waals surface area contributed by atoms with Crippen LogP contribution in [0.25, 0.3) is 5.69 Å². The number of benzene rings is 2. The topological polar surface area (TPSA) is 59.8 Å². The molecule has 0 bridgehead atoms. The Bertz CT molecular complexity index is 832. The van der Waals surface area contributed by atoms with E-state index in [1.54, 1.807) is 4.68 Å². The monoisotopic (exact) mass is 306 g/mol. The van der Waals surface area contributed by atoms with Crippen molar-refractivity contribution in [3.63, 3.8) is 0 Å². The van der Waals surface area contributed by atoms with Crippen molar-refractivity contribution in [1.82, 2.24) is 15.0 Å². The summed E-state index contributed by atoms with van der Waals surface area (Å²) in [6.45, 7) is 5.87. The quantitative estimate of drug-likeness (QED) is 0.806. The minimum Gasteiger partial charge on any atom is -0.321 e. The Morgan fingerprint density at radius 1 is 0.913 bits per heavy atom. The van der Waals surface area contributed by atoms with E-state index in [4.69, 9.17) is 0 Å². The molecule has 0 unspecified atom stereocenters. The average molecular weight is 306 g/mol. The maximum Gasteiger partial charge on any atom is 0.278 e. The number of carbonyl (C=O) groups excluding carboxylic acids is 1. The summed E-state index contributed by atoms with van der Waals surface area (Å²) in [7, 11) is 0. The molecule has 1 heterocycles. The normalized spacial score (nSPS) is 10.6. The second-order valence-corrected chi connectivity index (χ2v) is 5.59. The van der Waals surface area contributed by atoms with Crippen LogP contribution in [-0.2, 0) is 0 Å². The fourth-order valence-corrected chi connectivity index (χ4v) is 2.30. The number of amides is 1. The molecule has 5 nitrogen and oxygen atoms in total. The van der Waals surface area contributed by atoms with Gasteiger partial charge in [0.2, 0.25) is 0 Å². The summed E-state index contributed by atoms with van der Waals surface area (Å²) in [4.78, 5) is 12.4. The summed E-state index contributed by atoms with van der Waals surface area (Å²) in [5.41, 5.74) is 4.97. The van der Waals surface area contributed by atoms with Gasteiger partial charge >= 0.3 is 0 Å². The molecule has 0 atom stereocenters. The Morgan fingerprint density at radius 2 is 1.48 bits per heavy atom. The first-order chi connectivity index (χ1) is 11.0. The van der Waals surface area contributed by atoms with Gasteiger partial charge in [0.25, 0.3) is 5.91 Å². The highest BCUT2D eigenvalue weighted by Gasteiger charge is 2.17. The summed E-state index contributed by atoms with van der Waals surface area (Å²) in [6.07, 6.45) is 0. The highest BCUT2D eigenvalue weighted by molar-refractivity contribution is 6.03. The van der Waals surface area contributed by atoms with Crippen molar-refractivity contribution in [2.24, 2.45) is 0 Å². The largest absolute Gasteiger partial charge is 0.321 e. The van der Waals surface area contributed by atoms with Gasteiger partial charge in [-0.2, -0.15) is 0 Å². The number of nitrogens with zero attached hydrogens (tertiary/aromatic N) is 3. The molecule has 0 radical (unpaired) electrons. The van der Waals surface area contributed by atoms with Crippen LogP contribution < -0.4 is 5.32 Å². The Morgan fingerprint density at radius 3 is 2.09 bits per heavy atom. The molecule has 116 valence electrons. The SMILES string of the molecule is Cc1ccc(NC(=O)c2nnn(-c3ccc(C)cc3)c2C)cc1. The molecule has 0 saturated heterocycles. The molecule has 1 amide bonds. The Balaban J connectivity index is 1.85. The van der Waals surface area contributed by atoms with Crippen LogP contribution in [0.5, 0.6) is 0 Å². The zero-order valence-corrected chi connectivity index (χ0v) is 13.4. The van der Waals surface area contributed by atoms with Crippen LogP contribution >= 0.6 is 0 Å². The van der Waals surface area contributed by atoms with Crippen LogP contribution in [0.4, 0.5) is 5.69 Å². The number of hydrogen-bond acceptors (Lipinski definition) is 3. The molecule has 0 aliphatic rings. The van der Waals surface area contributed by atoms with Gasteiger partial charge in [-0.25, -0.2) is 4.68 Å². The van der Waals surface area contributed by atoms with E-state index in [-0.39, 0.29) is 5.91 Å². The van der Waals surface area contributed by atoms with Gasteiger partial charge in [0.05, 0.1) is 11.4 Å². The third-order valence-corrected chi connectivity index (χ3v) is 3.70. The smallest absolute Gasteiger partial charge is 0.278 e. The van der Waals surface area contributed by atoms with Gasteiger partial charge in [-0.05, 0) is 45.0 Å². The van der Waals surface area contributed by atoms with Crippen LogP contribution in [0.2, 0.25) is 0 Å². The lowest BCUT2D eigenvalue weighted by atomic mass is 10.2. The fourth-order valence-electron chi connectivity index (χ4n) is 2.30. The first kappa shape index (κ1) is 15.0. The van der Waals surface area contributed by atoms with Crippen LogP contribution in [-0.4, -0.2) is 20.9 Å². The molecule has 1 N–H and O–H groups in total. The number of rotatable bonds is 3. The van der Waals surface area contributed by atoms with Crippen LogP contribution in [0.3, 0.4) is 0 Å². The molecule has 23 heavy (non-hydrogen) atoms. The van der Waals surface area contributed by atoms with Gasteiger partial charge < -0.3 is 5.32 Å². The van der Waals surface area contributed by atoms with E-state index in [9.17, 15) is 4.79 Å². The van der Waals surface area contributed by atoms with E-state index in [1.807, 2.05) is 69.3 Å². The Kier molecular flexibility index (Phi) is 3.93. The van der Waals surface area contributed by atoms with E-state index >= 15 is 0 Å². The van der Waals surface area contributed by atoms with E-state index in [0.29, 0.717) is 11.4 Å². The van der Waals surface area contributed by atoms with E-state index in [1.165, 1.54) is 5.56 Å². The molecule has 1 aromatic heterocycles. The summed E-state index contributed by atoms with van der Waals surface area (Å²) in [5.74, 6) is -0.260. The summed E-state index contributed by atoms with van der Waals surface area (Å²) < 4.78 is 1.67. The standard InChI is InChI=1S/C18H18N4O/c1-12-4-8-15(9-5-12)19-18(23)17-14(3)22(21-20-17)16-10-6-13(2)7-11-16/h4-11H,1-3H3,(H,19,23). The zero-order valence-electron chi connectivity index (χ0n) is 13.4. The predicted molar refractivity (Wildman–Crippen MR) is 90.0 cm³/mol. The van der Waals surface area contributed by atoms with Crippen molar-refractivity contribution in [2.45, 2.75) is 20.8 Å². The lowest BCUT2D eigenvalue weighted by molar-refractivity contribution is 0.102. The highest BCUT2D eigenvalue weighted by Crippen LogP contribution is 2.15. The molecule has 3 rings (SSSR count). The van der Waals surface area contributed by atoms with Crippen molar-refractivity contribution in [1.29, 1.82) is 0 Å². The fraction of sp³-hybridized carbons (Fsp3) is 0.167. The third-order valence-electron chi connectivity index (χ3n) is 3.70. The second-order valence-electron chi connectivity index (χ2n) is 5.59. The summed E-state index contributed by atoms with van der Waals surface area (Å²) in [6, 6.07) is 15.6. The lowest BCUT2D eigenvalue weighted by Crippen LogP contribution is -2.14. The Labute approximate surface area is 135 Å². The molecular weight excluding hydrogens is 288 g/mol. The molecule has 0 fully saturated rings. The number of anilines is 1. The van der Waals surface area contributed by atoms with Crippen molar-refractivity contribution < 1.29 is 4.79 Å². The van der Waals surface area contributed by atoms with E-state index in [0.717, 1.165) is 16.9 Å². The van der Waals surface area contributed by atoms with E-state index < -0.39 is 0 Å². The number of aromatic nitrogens is 3. The lowest BCUT2D eigenvalue weighted by Gasteiger charge is -2.05. The summed E-state index contributed by atoms with van der Waals surface area (Å²) >= 11 is 0. The molecule has 0 spiro atoms. The second kappa shape index (κ2) is 6.04. The van der Waals surface area contributed by atoms with E-state index in [2.05, 4.69) is 15.6 Å². The molecule has 0 aliphatic heterocycles. The highest BCUT2D eigenvalue weighted by atomic mass is 16.2. The van der Waals surface area contributed by atoms with Crippen LogP contribution in [0.15, 0.2) is 48.5 Å². The average Bonchev–Trinajstić information content (AvgIpc) is 2.92. The van der Waals surface area contributed by atoms with Gasteiger partial charge in [0, 0.05) is 5.69 Å². The maximum absolute atomic E-state index is 12.4. The van der Waals surface area contributed by atoms with Gasteiger partial charge in [-0.1, -0.05) is 40.6 Å². The zero-order chi connectivity index (χ0) is 16.4. The third kappa shape index (κ3) is 3.13. The predicted octanol–water partition coefficient (Wildman–Crippen LogP) is 3.44. The number of carbonyl (C=O) groups is 1. The molecule has 3 aromatic rings. The van der Waals surface area contributed by atoms with Crippen LogP contribution in [0.1, 0.15) is 27.3 Å². The summed E-state index contributed by atoms with van der Waals surface area (Å²) in [5, 5.41) is 11.0. The van der Waals surface area contributed by atoms with Crippen molar-refractivity contribution >= 4 is 11.6 Å². The number of hydrogen-bond donors (Lipinski definition) is 1. The number of aryl methyl sites for hydroxylation is 2. The van der Waals surface area contributed by atoms with Gasteiger partial charge in [0.1, 0.15) is 0 Å². The van der Waals surface area contributed by atoms with Gasteiger partial charge in [0.15, 0.2) is 5.69 Å². The van der Waals surface area contributed by atoms with Crippen molar-refractivity contribution in [3.8, 4) is 5.69 Å². The van der Waals surface area contributed by atoms with Gasteiger partial charge in [-0.15, -0.1) is 5.10 Å². The van der Waals surface area contributed by atoms with Crippen molar-refractivity contribution in [2.75, 3.05) is 5.32 Å². The molecular formula is C18H18N4O. The minimum atomic E-state index is -0.260. The molecule has 5 heteroatoms. The first-order valence-corrected chi connectivity index (χ1v) is 7.42. The maximum atomic E-state index is 12.4. The molecule has 2 aromatic carbocycles. The van der Waals surface area contributed by atoms with Crippen LogP contribution in [0, 0.1) is 20.8 Å². The van der Waals surface area contributed by atoms with Gasteiger partial charge in [-0.3, -0.25) is 4.79 Å². The number of nitrogens with one attached hydrogen (secondary N) is 1. The minimum absolute atomic E-state index is 0.260. The van der Waals surface area contributed by atoms with Crippen molar-refractivity contribution in [3.05, 3.63) is 71.0 Å². The Hall–Kier alpha value is -2.95.